The zero-order valence-electron chi connectivity index (χ0n) is 14.4. The maximum Gasteiger partial charge on any atom is 0.160 e. The number of piperidine rings is 1. The minimum absolute atomic E-state index is 0.565. The van der Waals surface area contributed by atoms with E-state index in [1.807, 2.05) is 6.07 Å². The van der Waals surface area contributed by atoms with Crippen LogP contribution in [0.2, 0.25) is 0 Å². The second-order valence-electron chi connectivity index (χ2n) is 6.42. The van der Waals surface area contributed by atoms with Gasteiger partial charge in [-0.05, 0) is 82.5 Å². The number of rotatable bonds is 7. The van der Waals surface area contributed by atoms with E-state index in [0.29, 0.717) is 11.8 Å². The predicted molar refractivity (Wildman–Crippen MR) is 91.1 cm³/mol. The molecule has 1 aromatic rings. The molecule has 2 atom stereocenters. The lowest BCUT2D eigenvalue weighted by atomic mass is 9.79. The van der Waals surface area contributed by atoms with Crippen molar-refractivity contribution in [3.8, 4) is 11.5 Å². The molecule has 22 heavy (non-hydrogen) atoms. The van der Waals surface area contributed by atoms with Gasteiger partial charge in [-0.25, -0.2) is 0 Å². The molecule has 4 nitrogen and oxygen atoms in total. The third-order valence-corrected chi connectivity index (χ3v) is 4.63. The normalized spacial score (nSPS) is 20.0. The molecule has 2 rings (SSSR count). The first-order chi connectivity index (χ1) is 10.7. The molecular weight excluding hydrogens is 276 g/mol. The third-order valence-electron chi connectivity index (χ3n) is 4.63. The molecule has 1 saturated heterocycles. The van der Waals surface area contributed by atoms with Crippen LogP contribution in [-0.4, -0.2) is 52.8 Å². The number of nitrogens with zero attached hydrogens (tertiary/aromatic N) is 1. The molecule has 124 valence electrons. The Hall–Kier alpha value is -1.26. The molecule has 0 radical (unpaired) electrons. The van der Waals surface area contributed by atoms with Crippen LogP contribution in [0.3, 0.4) is 0 Å². The fraction of sp³-hybridized carbons (Fsp3) is 0.667. The molecule has 1 heterocycles. The Bertz CT molecular complexity index is 456. The van der Waals surface area contributed by atoms with Crippen molar-refractivity contribution in [3.63, 3.8) is 0 Å². The largest absolute Gasteiger partial charge is 0.493 e. The predicted octanol–water partition coefficient (Wildman–Crippen LogP) is 2.74. The molecule has 0 spiro atoms. The maximum absolute atomic E-state index is 5.49. The fourth-order valence-electron chi connectivity index (χ4n) is 3.38. The van der Waals surface area contributed by atoms with Crippen LogP contribution in [0.15, 0.2) is 18.2 Å². The summed E-state index contributed by atoms with van der Waals surface area (Å²) < 4.78 is 10.9. The van der Waals surface area contributed by atoms with Gasteiger partial charge in [-0.15, -0.1) is 0 Å². The van der Waals surface area contributed by atoms with E-state index >= 15 is 0 Å². The molecule has 0 amide bonds. The third kappa shape index (κ3) is 4.37. The Morgan fingerprint density at radius 2 is 2.00 bits per heavy atom. The first-order valence-corrected chi connectivity index (χ1v) is 8.23. The first-order valence-electron chi connectivity index (χ1n) is 8.23. The second-order valence-corrected chi connectivity index (χ2v) is 6.42. The molecule has 1 aromatic carbocycles. The van der Waals surface area contributed by atoms with Gasteiger partial charge in [0.2, 0.25) is 0 Å². The summed E-state index contributed by atoms with van der Waals surface area (Å²) >= 11 is 0. The summed E-state index contributed by atoms with van der Waals surface area (Å²) in [5.41, 5.74) is 1.37. The minimum atomic E-state index is 0.565. The van der Waals surface area contributed by atoms with Crippen molar-refractivity contribution < 1.29 is 9.47 Å². The van der Waals surface area contributed by atoms with Crippen molar-refractivity contribution in [1.29, 1.82) is 0 Å². The van der Waals surface area contributed by atoms with Crippen LogP contribution in [0.4, 0.5) is 0 Å². The molecule has 0 aliphatic carbocycles. The van der Waals surface area contributed by atoms with Crippen LogP contribution in [0.1, 0.15) is 30.7 Å². The van der Waals surface area contributed by atoms with E-state index in [1.54, 1.807) is 14.2 Å². The molecule has 0 bridgehead atoms. The van der Waals surface area contributed by atoms with E-state index in [1.165, 1.54) is 24.8 Å². The molecule has 1 aliphatic heterocycles. The highest BCUT2D eigenvalue weighted by Gasteiger charge is 2.25. The van der Waals surface area contributed by atoms with Crippen molar-refractivity contribution >= 4 is 0 Å². The van der Waals surface area contributed by atoms with Gasteiger partial charge in [0.15, 0.2) is 11.5 Å². The zero-order chi connectivity index (χ0) is 15.9. The summed E-state index contributed by atoms with van der Waals surface area (Å²) in [5.74, 6) is 2.90. The molecule has 4 heteroatoms. The summed E-state index contributed by atoms with van der Waals surface area (Å²) in [7, 11) is 7.68. The highest BCUT2D eigenvalue weighted by atomic mass is 16.5. The van der Waals surface area contributed by atoms with E-state index < -0.39 is 0 Å². The molecule has 0 saturated carbocycles. The smallest absolute Gasteiger partial charge is 0.160 e. The van der Waals surface area contributed by atoms with E-state index in [0.717, 1.165) is 31.1 Å². The van der Waals surface area contributed by atoms with Crippen LogP contribution < -0.4 is 14.8 Å². The van der Waals surface area contributed by atoms with Crippen LogP contribution in [-0.2, 0) is 0 Å². The van der Waals surface area contributed by atoms with Crippen molar-refractivity contribution in [1.82, 2.24) is 10.2 Å². The second kappa shape index (κ2) is 8.39. The number of ether oxygens (including phenoxy) is 2. The van der Waals surface area contributed by atoms with Crippen LogP contribution in [0.5, 0.6) is 11.5 Å². The lowest BCUT2D eigenvalue weighted by molar-refractivity contribution is 0.283. The number of benzene rings is 1. The summed E-state index contributed by atoms with van der Waals surface area (Å²) in [6.07, 6.45) is 3.75. The van der Waals surface area contributed by atoms with E-state index in [4.69, 9.17) is 9.47 Å². The fourth-order valence-corrected chi connectivity index (χ4v) is 3.38. The van der Waals surface area contributed by atoms with Gasteiger partial charge in [-0.2, -0.15) is 0 Å². The molecule has 1 fully saturated rings. The average molecular weight is 306 g/mol. The zero-order valence-corrected chi connectivity index (χ0v) is 14.4. The van der Waals surface area contributed by atoms with E-state index in [2.05, 4.69) is 36.4 Å². The Morgan fingerprint density at radius 1 is 1.23 bits per heavy atom. The van der Waals surface area contributed by atoms with Crippen molar-refractivity contribution in [2.75, 3.05) is 47.9 Å². The molecule has 1 N–H and O–H groups in total. The minimum Gasteiger partial charge on any atom is -0.493 e. The highest BCUT2D eigenvalue weighted by Crippen LogP contribution is 2.37. The summed E-state index contributed by atoms with van der Waals surface area (Å²) in [6.45, 7) is 3.38. The van der Waals surface area contributed by atoms with Gasteiger partial charge in [-0.1, -0.05) is 6.07 Å². The van der Waals surface area contributed by atoms with Crippen molar-refractivity contribution in [3.05, 3.63) is 23.8 Å². The van der Waals surface area contributed by atoms with E-state index in [-0.39, 0.29) is 0 Å². The van der Waals surface area contributed by atoms with Gasteiger partial charge >= 0.3 is 0 Å². The first kappa shape index (κ1) is 17.1. The van der Waals surface area contributed by atoms with Gasteiger partial charge in [0.25, 0.3) is 0 Å². The molecule has 2 unspecified atom stereocenters. The van der Waals surface area contributed by atoms with Crippen LogP contribution in [0.25, 0.3) is 0 Å². The van der Waals surface area contributed by atoms with Gasteiger partial charge < -0.3 is 19.7 Å². The number of methoxy groups -OCH3 is 2. The van der Waals surface area contributed by atoms with Gasteiger partial charge in [0.1, 0.15) is 0 Å². The van der Waals surface area contributed by atoms with Crippen molar-refractivity contribution in [2.45, 2.75) is 25.2 Å². The monoisotopic (exact) mass is 306 g/mol. The molecular formula is C18H30N2O2. The maximum atomic E-state index is 5.49. The lowest BCUT2D eigenvalue weighted by Gasteiger charge is -2.32. The summed E-state index contributed by atoms with van der Waals surface area (Å²) in [4.78, 5) is 2.27. The number of hydrogen-bond donors (Lipinski definition) is 1. The van der Waals surface area contributed by atoms with Crippen LogP contribution >= 0.6 is 0 Å². The SMILES string of the molecule is COc1ccc(C(CCN(C)C)C2CCCNC2)cc1OC. The Kier molecular flexibility index (Phi) is 6.52. The lowest BCUT2D eigenvalue weighted by Crippen LogP contribution is -2.34. The average Bonchev–Trinajstić information content (AvgIpc) is 2.55. The Labute approximate surface area is 134 Å². The van der Waals surface area contributed by atoms with Crippen molar-refractivity contribution in [2.24, 2.45) is 5.92 Å². The van der Waals surface area contributed by atoms with Gasteiger partial charge in [0, 0.05) is 0 Å². The molecule has 1 aliphatic rings. The summed E-state index contributed by atoms with van der Waals surface area (Å²) in [6, 6.07) is 6.40. The standard InChI is InChI=1S/C18H30N2O2/c1-20(2)11-9-16(15-6-5-10-19-13-15)14-7-8-17(21-3)18(12-14)22-4/h7-8,12,15-16,19H,5-6,9-11,13H2,1-4H3. The quantitative estimate of drug-likeness (QED) is 0.840. The topological polar surface area (TPSA) is 33.7 Å². The Morgan fingerprint density at radius 3 is 2.59 bits per heavy atom. The summed E-state index contributed by atoms with van der Waals surface area (Å²) in [5, 5.41) is 3.55. The van der Waals surface area contributed by atoms with Crippen LogP contribution in [0, 0.1) is 5.92 Å². The van der Waals surface area contributed by atoms with E-state index in [9.17, 15) is 0 Å². The number of nitrogens with one attached hydrogen (secondary N) is 1. The van der Waals surface area contributed by atoms with Gasteiger partial charge in [0.05, 0.1) is 14.2 Å². The highest BCUT2D eigenvalue weighted by molar-refractivity contribution is 5.44. The van der Waals surface area contributed by atoms with Gasteiger partial charge in [-0.3, -0.25) is 0 Å². The number of hydrogen-bond acceptors (Lipinski definition) is 4. The Balaban J connectivity index is 2.22. The molecule has 0 aromatic heterocycles.